The number of carbonyl (C=O) groups is 1. The lowest BCUT2D eigenvalue weighted by molar-refractivity contribution is 0.0955. The maximum atomic E-state index is 12.2. The van der Waals surface area contributed by atoms with E-state index in [4.69, 9.17) is 4.74 Å². The molecule has 2 N–H and O–H groups in total. The van der Waals surface area contributed by atoms with Gasteiger partial charge in [-0.05, 0) is 49.4 Å². The number of methoxy groups -OCH3 is 1. The summed E-state index contributed by atoms with van der Waals surface area (Å²) in [5, 5.41) is 14.8. The van der Waals surface area contributed by atoms with Crippen molar-refractivity contribution in [1.29, 1.82) is 0 Å². The molecule has 0 atom stereocenters. The van der Waals surface area contributed by atoms with Crippen molar-refractivity contribution in [1.82, 2.24) is 10.4 Å². The van der Waals surface area contributed by atoms with Crippen LogP contribution in [-0.2, 0) is 0 Å². The molecule has 2 aromatic carbocycles. The third-order valence-corrected chi connectivity index (χ3v) is 3.82. The SMILES string of the molecule is COc1ccc(C(=O)N/N=C(\C)c2ccc(O)c3ncccc23)cc1. The molecule has 0 aliphatic heterocycles. The zero-order chi connectivity index (χ0) is 17.8. The van der Waals surface area contributed by atoms with Crippen molar-refractivity contribution in [2.75, 3.05) is 7.11 Å². The highest BCUT2D eigenvalue weighted by Crippen LogP contribution is 2.25. The smallest absolute Gasteiger partial charge is 0.271 e. The first-order valence-corrected chi connectivity index (χ1v) is 7.66. The summed E-state index contributed by atoms with van der Waals surface area (Å²) in [7, 11) is 1.57. The van der Waals surface area contributed by atoms with E-state index < -0.39 is 0 Å². The molecule has 0 fully saturated rings. The van der Waals surface area contributed by atoms with Crippen molar-refractivity contribution < 1.29 is 14.6 Å². The summed E-state index contributed by atoms with van der Waals surface area (Å²) in [4.78, 5) is 16.4. The number of carbonyl (C=O) groups excluding carboxylic acids is 1. The number of phenols is 1. The van der Waals surface area contributed by atoms with Crippen LogP contribution < -0.4 is 10.2 Å². The lowest BCUT2D eigenvalue weighted by Crippen LogP contribution is -2.19. The van der Waals surface area contributed by atoms with Crippen LogP contribution in [0.5, 0.6) is 11.5 Å². The summed E-state index contributed by atoms with van der Waals surface area (Å²) in [5.41, 5.74) is 4.92. The Balaban J connectivity index is 1.84. The molecule has 0 aliphatic carbocycles. The fourth-order valence-electron chi connectivity index (χ4n) is 2.48. The van der Waals surface area contributed by atoms with Gasteiger partial charge in [-0.3, -0.25) is 9.78 Å². The Hall–Kier alpha value is -3.41. The molecule has 126 valence electrons. The molecule has 3 rings (SSSR count). The Morgan fingerprint density at radius 2 is 1.92 bits per heavy atom. The van der Waals surface area contributed by atoms with Gasteiger partial charge in [0.15, 0.2) is 0 Å². The molecule has 0 unspecified atom stereocenters. The molecule has 1 amide bonds. The van der Waals surface area contributed by atoms with Crippen molar-refractivity contribution in [2.45, 2.75) is 6.92 Å². The van der Waals surface area contributed by atoms with E-state index in [1.165, 1.54) is 0 Å². The number of hydrazone groups is 1. The topological polar surface area (TPSA) is 83.8 Å². The Kier molecular flexibility index (Phi) is 4.61. The van der Waals surface area contributed by atoms with E-state index in [0.717, 1.165) is 10.9 Å². The summed E-state index contributed by atoms with van der Waals surface area (Å²) in [5.74, 6) is 0.469. The van der Waals surface area contributed by atoms with Crippen LogP contribution in [0, 0.1) is 0 Å². The highest BCUT2D eigenvalue weighted by Gasteiger charge is 2.09. The van der Waals surface area contributed by atoms with Gasteiger partial charge >= 0.3 is 0 Å². The number of aromatic hydroxyl groups is 1. The van der Waals surface area contributed by atoms with Gasteiger partial charge in [-0.2, -0.15) is 5.10 Å². The maximum Gasteiger partial charge on any atom is 0.271 e. The number of rotatable bonds is 4. The summed E-state index contributed by atoms with van der Waals surface area (Å²) in [6, 6.07) is 13.7. The molecule has 6 heteroatoms. The summed E-state index contributed by atoms with van der Waals surface area (Å²) in [6.07, 6.45) is 1.61. The van der Waals surface area contributed by atoms with Gasteiger partial charge in [-0.25, -0.2) is 5.43 Å². The fraction of sp³-hybridized carbons (Fsp3) is 0.105. The average Bonchev–Trinajstić information content (AvgIpc) is 2.66. The molecular weight excluding hydrogens is 318 g/mol. The first-order valence-electron chi connectivity index (χ1n) is 7.66. The third kappa shape index (κ3) is 3.42. The quantitative estimate of drug-likeness (QED) is 0.567. The van der Waals surface area contributed by atoms with Gasteiger partial charge < -0.3 is 9.84 Å². The van der Waals surface area contributed by atoms with Gasteiger partial charge in [0.1, 0.15) is 17.0 Å². The Labute approximate surface area is 144 Å². The molecule has 25 heavy (non-hydrogen) atoms. The monoisotopic (exact) mass is 335 g/mol. The van der Waals surface area contributed by atoms with Crippen molar-refractivity contribution in [3.63, 3.8) is 0 Å². The van der Waals surface area contributed by atoms with Crippen molar-refractivity contribution in [3.8, 4) is 11.5 Å². The van der Waals surface area contributed by atoms with Crippen LogP contribution in [0.2, 0.25) is 0 Å². The largest absolute Gasteiger partial charge is 0.506 e. The number of nitrogens with one attached hydrogen (secondary N) is 1. The predicted molar refractivity (Wildman–Crippen MR) is 96.1 cm³/mol. The van der Waals surface area contributed by atoms with Crippen LogP contribution in [0.1, 0.15) is 22.8 Å². The normalized spacial score (nSPS) is 11.4. The molecule has 0 radical (unpaired) electrons. The van der Waals surface area contributed by atoms with E-state index >= 15 is 0 Å². The van der Waals surface area contributed by atoms with E-state index in [2.05, 4.69) is 15.5 Å². The number of benzene rings is 2. The molecule has 0 saturated heterocycles. The Morgan fingerprint density at radius 1 is 1.16 bits per heavy atom. The molecule has 1 heterocycles. The minimum atomic E-state index is -0.316. The van der Waals surface area contributed by atoms with E-state index in [0.29, 0.717) is 22.5 Å². The lowest BCUT2D eigenvalue weighted by Gasteiger charge is -2.08. The van der Waals surface area contributed by atoms with Crippen LogP contribution >= 0.6 is 0 Å². The number of amides is 1. The van der Waals surface area contributed by atoms with Crippen molar-refractivity contribution in [3.05, 3.63) is 65.9 Å². The minimum Gasteiger partial charge on any atom is -0.506 e. The molecule has 0 aliphatic rings. The maximum absolute atomic E-state index is 12.2. The molecular formula is C19H17N3O3. The van der Waals surface area contributed by atoms with Crippen LogP contribution in [-0.4, -0.2) is 28.8 Å². The van der Waals surface area contributed by atoms with Gasteiger partial charge in [0.05, 0.1) is 12.8 Å². The van der Waals surface area contributed by atoms with Crippen LogP contribution in [0.3, 0.4) is 0 Å². The number of nitrogens with zero attached hydrogens (tertiary/aromatic N) is 2. The second kappa shape index (κ2) is 7.00. The zero-order valence-corrected chi connectivity index (χ0v) is 13.9. The van der Waals surface area contributed by atoms with E-state index in [1.807, 2.05) is 6.07 Å². The Bertz CT molecular complexity index is 950. The van der Waals surface area contributed by atoms with E-state index in [9.17, 15) is 9.90 Å². The Morgan fingerprint density at radius 3 is 2.64 bits per heavy atom. The van der Waals surface area contributed by atoms with Crippen molar-refractivity contribution >= 4 is 22.5 Å². The van der Waals surface area contributed by atoms with E-state index in [-0.39, 0.29) is 11.7 Å². The van der Waals surface area contributed by atoms with Crippen LogP contribution in [0.15, 0.2) is 59.8 Å². The molecule has 6 nitrogen and oxygen atoms in total. The number of hydrogen-bond acceptors (Lipinski definition) is 5. The first kappa shape index (κ1) is 16.4. The second-order valence-electron chi connectivity index (χ2n) is 5.40. The zero-order valence-electron chi connectivity index (χ0n) is 13.9. The van der Waals surface area contributed by atoms with Crippen LogP contribution in [0.25, 0.3) is 10.9 Å². The van der Waals surface area contributed by atoms with Crippen LogP contribution in [0.4, 0.5) is 0 Å². The first-order chi connectivity index (χ1) is 12.1. The second-order valence-corrected chi connectivity index (χ2v) is 5.40. The number of hydrogen-bond donors (Lipinski definition) is 2. The number of ether oxygens (including phenoxy) is 1. The van der Waals surface area contributed by atoms with Gasteiger partial charge in [0.2, 0.25) is 0 Å². The lowest BCUT2D eigenvalue weighted by atomic mass is 10.0. The van der Waals surface area contributed by atoms with Crippen molar-refractivity contribution in [2.24, 2.45) is 5.10 Å². The highest BCUT2D eigenvalue weighted by molar-refractivity contribution is 6.10. The standard InChI is InChI=1S/C19H17N3O3/c1-12(15-9-10-17(23)18-16(15)4-3-11-20-18)21-22-19(24)13-5-7-14(25-2)8-6-13/h3-11,23H,1-2H3,(H,22,24)/b21-12+. The van der Waals surface area contributed by atoms with Gasteiger partial charge in [-0.1, -0.05) is 6.07 Å². The van der Waals surface area contributed by atoms with Gasteiger partial charge in [0, 0.05) is 22.7 Å². The number of pyridine rings is 1. The third-order valence-electron chi connectivity index (χ3n) is 3.82. The fourth-order valence-corrected chi connectivity index (χ4v) is 2.48. The number of aromatic nitrogens is 1. The highest BCUT2D eigenvalue weighted by atomic mass is 16.5. The average molecular weight is 335 g/mol. The predicted octanol–water partition coefficient (Wildman–Crippen LogP) is 3.10. The van der Waals surface area contributed by atoms with Gasteiger partial charge in [-0.15, -0.1) is 0 Å². The number of phenolic OH excluding ortho intramolecular Hbond substituents is 1. The summed E-state index contributed by atoms with van der Waals surface area (Å²) < 4.78 is 5.07. The summed E-state index contributed by atoms with van der Waals surface area (Å²) >= 11 is 0. The van der Waals surface area contributed by atoms with E-state index in [1.54, 1.807) is 62.7 Å². The molecule has 1 aromatic heterocycles. The summed E-state index contributed by atoms with van der Waals surface area (Å²) in [6.45, 7) is 1.78. The number of fused-ring (bicyclic) bond motifs is 1. The molecule has 0 bridgehead atoms. The minimum absolute atomic E-state index is 0.106. The molecule has 3 aromatic rings. The molecule has 0 saturated carbocycles. The van der Waals surface area contributed by atoms with Gasteiger partial charge in [0.25, 0.3) is 5.91 Å². The molecule has 0 spiro atoms.